The molecule has 1 aromatic rings. The lowest BCUT2D eigenvalue weighted by atomic mass is 10.3. The summed E-state index contributed by atoms with van der Waals surface area (Å²) >= 11 is 0. The molecular formula is C10H13F3N4O2. The third-order valence-corrected chi connectivity index (χ3v) is 2.18. The fourth-order valence-electron chi connectivity index (χ4n) is 1.49. The minimum Gasteiger partial charge on any atom is -0.383 e. The maximum Gasteiger partial charge on any atom is 0.408 e. The minimum atomic E-state index is -4.49. The average Bonchev–Trinajstić information content (AvgIpc) is 2.48. The van der Waals surface area contributed by atoms with Gasteiger partial charge in [0, 0.05) is 20.3 Å². The Morgan fingerprint density at radius 3 is 2.47 bits per heavy atom. The van der Waals surface area contributed by atoms with Crippen molar-refractivity contribution in [2.24, 2.45) is 0 Å². The van der Waals surface area contributed by atoms with E-state index < -0.39 is 23.3 Å². The molecule has 106 valence electrons. The Labute approximate surface area is 107 Å². The lowest BCUT2D eigenvalue weighted by Crippen LogP contribution is -2.19. The first-order valence-corrected chi connectivity index (χ1v) is 5.25. The van der Waals surface area contributed by atoms with Crippen LogP contribution in [0.2, 0.25) is 0 Å². The Morgan fingerprint density at radius 1 is 1.47 bits per heavy atom. The zero-order chi connectivity index (χ0) is 14.8. The van der Waals surface area contributed by atoms with Crippen molar-refractivity contribution in [3.63, 3.8) is 0 Å². The number of nitro groups is 1. The molecule has 1 aromatic heterocycles. The van der Waals surface area contributed by atoms with Crippen molar-refractivity contribution in [1.29, 1.82) is 0 Å². The van der Waals surface area contributed by atoms with Crippen molar-refractivity contribution >= 4 is 11.8 Å². The fraction of sp³-hybridized carbons (Fsp3) is 0.500. The Balaban J connectivity index is 3.31. The monoisotopic (exact) mass is 278 g/mol. The summed E-state index contributed by atoms with van der Waals surface area (Å²) in [5, 5.41) is 14.5. The molecule has 0 saturated heterocycles. The first kappa shape index (κ1) is 15.0. The van der Waals surface area contributed by atoms with Crippen LogP contribution < -0.4 is 0 Å². The van der Waals surface area contributed by atoms with Crippen molar-refractivity contribution in [1.82, 2.24) is 14.7 Å². The van der Waals surface area contributed by atoms with E-state index in [9.17, 15) is 23.3 Å². The molecule has 1 heterocycles. The molecule has 0 N–H and O–H groups in total. The Bertz CT molecular complexity index is 506. The van der Waals surface area contributed by atoms with E-state index in [4.69, 9.17) is 0 Å². The minimum absolute atomic E-state index is 0.0485. The van der Waals surface area contributed by atoms with Crippen LogP contribution in [0.5, 0.6) is 0 Å². The second-order valence-corrected chi connectivity index (χ2v) is 4.13. The molecule has 0 spiro atoms. The summed E-state index contributed by atoms with van der Waals surface area (Å²) in [5.41, 5.74) is -0.636. The van der Waals surface area contributed by atoms with Crippen LogP contribution in [0.3, 0.4) is 0 Å². The average molecular weight is 278 g/mol. The maximum atomic E-state index is 12.4. The van der Waals surface area contributed by atoms with Crippen LogP contribution >= 0.6 is 0 Å². The van der Waals surface area contributed by atoms with Crippen molar-refractivity contribution in [3.8, 4) is 0 Å². The van der Waals surface area contributed by atoms with Gasteiger partial charge in [-0.05, 0) is 13.0 Å². The number of rotatable bonds is 4. The van der Waals surface area contributed by atoms with Gasteiger partial charge in [0.05, 0.1) is 4.92 Å². The molecule has 0 aliphatic rings. The van der Waals surface area contributed by atoms with Crippen LogP contribution in [0, 0.1) is 17.0 Å². The van der Waals surface area contributed by atoms with Gasteiger partial charge in [0.15, 0.2) is 0 Å². The molecule has 6 nitrogen and oxygen atoms in total. The summed E-state index contributed by atoms with van der Waals surface area (Å²) < 4.78 is 37.8. The van der Waals surface area contributed by atoms with Crippen LogP contribution in [-0.4, -0.2) is 39.9 Å². The first-order chi connectivity index (χ1) is 8.61. The summed E-state index contributed by atoms with van der Waals surface area (Å²) in [7, 11) is 3.30. The number of aryl methyl sites for hydroxylation is 1. The van der Waals surface area contributed by atoms with E-state index in [1.54, 1.807) is 19.0 Å². The predicted molar refractivity (Wildman–Crippen MR) is 62.4 cm³/mol. The fourth-order valence-corrected chi connectivity index (χ4v) is 1.49. The third kappa shape index (κ3) is 3.97. The zero-order valence-corrected chi connectivity index (χ0v) is 10.6. The van der Waals surface area contributed by atoms with Gasteiger partial charge >= 0.3 is 11.9 Å². The van der Waals surface area contributed by atoms with Gasteiger partial charge in [-0.1, -0.05) is 0 Å². The number of hydrogen-bond acceptors (Lipinski definition) is 4. The van der Waals surface area contributed by atoms with Gasteiger partial charge in [0.1, 0.15) is 17.9 Å². The van der Waals surface area contributed by atoms with E-state index in [-0.39, 0.29) is 11.4 Å². The second kappa shape index (κ2) is 5.29. The highest BCUT2D eigenvalue weighted by Crippen LogP contribution is 2.27. The smallest absolute Gasteiger partial charge is 0.383 e. The normalized spacial score (nSPS) is 12.1. The van der Waals surface area contributed by atoms with Gasteiger partial charge < -0.3 is 4.90 Å². The summed E-state index contributed by atoms with van der Waals surface area (Å²) in [4.78, 5) is 11.7. The van der Waals surface area contributed by atoms with E-state index in [1.165, 1.54) is 19.2 Å². The topological polar surface area (TPSA) is 64.2 Å². The molecule has 0 aliphatic carbocycles. The molecular weight excluding hydrogens is 265 g/mol. The van der Waals surface area contributed by atoms with Crippen LogP contribution in [0.4, 0.5) is 18.9 Å². The number of nitrogens with zero attached hydrogens (tertiary/aromatic N) is 4. The lowest BCUT2D eigenvalue weighted by molar-refractivity contribution is -0.385. The van der Waals surface area contributed by atoms with Crippen molar-refractivity contribution in [2.75, 3.05) is 14.1 Å². The summed E-state index contributed by atoms with van der Waals surface area (Å²) in [6.07, 6.45) is -1.83. The van der Waals surface area contributed by atoms with Crippen LogP contribution in [0.25, 0.3) is 6.08 Å². The van der Waals surface area contributed by atoms with Crippen LogP contribution in [0.15, 0.2) is 6.20 Å². The largest absolute Gasteiger partial charge is 0.408 e. The van der Waals surface area contributed by atoms with Crippen molar-refractivity contribution < 1.29 is 18.1 Å². The molecule has 0 atom stereocenters. The predicted octanol–water partition coefficient (Wildman–Crippen LogP) is 2.19. The highest BCUT2D eigenvalue weighted by atomic mass is 19.4. The molecule has 0 saturated carbocycles. The molecule has 0 amide bonds. The van der Waals surface area contributed by atoms with Gasteiger partial charge in [-0.25, -0.2) is 4.68 Å². The summed E-state index contributed by atoms with van der Waals surface area (Å²) in [5.74, 6) is 0. The first-order valence-electron chi connectivity index (χ1n) is 5.25. The molecule has 1 rings (SSSR count). The quantitative estimate of drug-likeness (QED) is 0.625. The van der Waals surface area contributed by atoms with E-state index >= 15 is 0 Å². The van der Waals surface area contributed by atoms with Gasteiger partial charge in [0.25, 0.3) is 0 Å². The third-order valence-electron chi connectivity index (χ3n) is 2.18. The number of alkyl halides is 3. The molecule has 0 aliphatic heterocycles. The maximum absolute atomic E-state index is 12.4. The highest BCUT2D eigenvalue weighted by molar-refractivity contribution is 5.59. The van der Waals surface area contributed by atoms with Gasteiger partial charge in [0.2, 0.25) is 0 Å². The highest BCUT2D eigenvalue weighted by Gasteiger charge is 2.33. The number of halogens is 3. The van der Waals surface area contributed by atoms with E-state index in [1.807, 2.05) is 0 Å². The molecule has 9 heteroatoms. The summed E-state index contributed by atoms with van der Waals surface area (Å²) in [6, 6.07) is 0. The standard InChI is InChI=1S/C10H13F3N4O2/c1-7-9(17(18)19)8(4-5-15(2)3)16(14-7)6-10(11,12)13/h4-5H,6H2,1-3H3/b5-4+. The molecule has 0 radical (unpaired) electrons. The Morgan fingerprint density at radius 2 is 2.05 bits per heavy atom. The van der Waals surface area contributed by atoms with E-state index in [0.29, 0.717) is 4.68 Å². The Hall–Kier alpha value is -2.06. The van der Waals surface area contributed by atoms with Gasteiger partial charge in [-0.2, -0.15) is 18.3 Å². The van der Waals surface area contributed by atoms with E-state index in [2.05, 4.69) is 5.10 Å². The molecule has 0 bridgehead atoms. The molecule has 19 heavy (non-hydrogen) atoms. The van der Waals surface area contributed by atoms with Crippen LogP contribution in [0.1, 0.15) is 11.4 Å². The number of aromatic nitrogens is 2. The van der Waals surface area contributed by atoms with Gasteiger partial charge in [-0.3, -0.25) is 10.1 Å². The van der Waals surface area contributed by atoms with Crippen molar-refractivity contribution in [2.45, 2.75) is 19.6 Å². The summed E-state index contributed by atoms with van der Waals surface area (Å²) in [6.45, 7) is -0.0627. The Kier molecular flexibility index (Phi) is 4.17. The van der Waals surface area contributed by atoms with Crippen molar-refractivity contribution in [3.05, 3.63) is 27.7 Å². The van der Waals surface area contributed by atoms with Gasteiger partial charge in [-0.15, -0.1) is 0 Å². The molecule has 0 aromatic carbocycles. The zero-order valence-electron chi connectivity index (χ0n) is 10.6. The molecule has 0 unspecified atom stereocenters. The molecule has 0 fully saturated rings. The van der Waals surface area contributed by atoms with Crippen LogP contribution in [-0.2, 0) is 6.54 Å². The number of hydrogen-bond donors (Lipinski definition) is 0. The van der Waals surface area contributed by atoms with E-state index in [0.717, 1.165) is 0 Å². The SMILES string of the molecule is Cc1nn(CC(F)(F)F)c(/C=C/N(C)C)c1[N+](=O)[O-]. The lowest BCUT2D eigenvalue weighted by Gasteiger charge is -2.08. The second-order valence-electron chi connectivity index (χ2n) is 4.13.